The van der Waals surface area contributed by atoms with Gasteiger partial charge in [0, 0.05) is 16.3 Å². The van der Waals surface area contributed by atoms with Crippen molar-refractivity contribution in [2.75, 3.05) is 11.5 Å². The fourth-order valence-corrected chi connectivity index (χ4v) is 2.33. The number of anilines is 2. The fraction of sp³-hybridized carbons (Fsp3) is 0. The number of nitrogens with two attached hydrogens (primary N) is 2. The first-order valence-electron chi connectivity index (χ1n) is 4.05. The Bertz CT molecular complexity index is 465. The van der Waals surface area contributed by atoms with Crippen molar-refractivity contribution >= 4 is 34.3 Å². The maximum atomic E-state index is 6.00. The minimum absolute atomic E-state index is 0.588. The molecule has 2 nitrogen and oxygen atoms in total. The average Bonchev–Trinajstić information content (AvgIpc) is 2.57. The third-order valence-corrected chi connectivity index (χ3v) is 3.20. The number of thiophene rings is 1. The van der Waals surface area contributed by atoms with Gasteiger partial charge in [-0.2, -0.15) is 11.3 Å². The van der Waals surface area contributed by atoms with E-state index in [1.54, 1.807) is 17.4 Å². The molecule has 2 aromatic rings. The lowest BCUT2D eigenvalue weighted by Gasteiger charge is -2.03. The van der Waals surface area contributed by atoms with Crippen LogP contribution in [0.3, 0.4) is 0 Å². The van der Waals surface area contributed by atoms with E-state index in [4.69, 9.17) is 23.1 Å². The predicted octanol–water partition coefficient (Wildman–Crippen LogP) is 3.23. The topological polar surface area (TPSA) is 52.0 Å². The van der Waals surface area contributed by atoms with Gasteiger partial charge < -0.3 is 11.5 Å². The molecular weight excluding hydrogens is 216 g/mol. The number of hydrogen-bond acceptors (Lipinski definition) is 3. The van der Waals surface area contributed by atoms with E-state index in [1.807, 2.05) is 22.9 Å². The summed E-state index contributed by atoms with van der Waals surface area (Å²) < 4.78 is 0. The van der Waals surface area contributed by atoms with Crippen molar-refractivity contribution in [3.63, 3.8) is 0 Å². The van der Waals surface area contributed by atoms with Gasteiger partial charge in [-0.1, -0.05) is 17.7 Å². The molecule has 0 aliphatic carbocycles. The third kappa shape index (κ3) is 1.56. The van der Waals surface area contributed by atoms with E-state index < -0.39 is 0 Å². The molecule has 1 aromatic heterocycles. The number of nitrogen functional groups attached to an aromatic ring is 2. The Hall–Kier alpha value is -1.19. The van der Waals surface area contributed by atoms with Crippen molar-refractivity contribution in [3.05, 3.63) is 34.0 Å². The highest BCUT2D eigenvalue weighted by molar-refractivity contribution is 7.09. The molecule has 14 heavy (non-hydrogen) atoms. The van der Waals surface area contributed by atoms with Gasteiger partial charge in [-0.05, 0) is 17.7 Å². The van der Waals surface area contributed by atoms with Crippen LogP contribution in [-0.2, 0) is 0 Å². The van der Waals surface area contributed by atoms with Crippen molar-refractivity contribution < 1.29 is 0 Å². The lowest BCUT2D eigenvalue weighted by molar-refractivity contribution is 1.64. The quantitative estimate of drug-likeness (QED) is 0.731. The summed E-state index contributed by atoms with van der Waals surface area (Å²) in [6.45, 7) is 0. The van der Waals surface area contributed by atoms with Gasteiger partial charge in [0.05, 0.1) is 16.4 Å². The Labute approximate surface area is 91.1 Å². The zero-order chi connectivity index (χ0) is 10.1. The second-order valence-electron chi connectivity index (χ2n) is 2.98. The van der Waals surface area contributed by atoms with E-state index in [2.05, 4.69) is 0 Å². The Morgan fingerprint density at radius 3 is 2.43 bits per heavy atom. The van der Waals surface area contributed by atoms with E-state index in [-0.39, 0.29) is 0 Å². The first-order valence-corrected chi connectivity index (χ1v) is 5.37. The van der Waals surface area contributed by atoms with Crippen LogP contribution < -0.4 is 11.5 Å². The molecule has 2 rings (SSSR count). The molecule has 0 spiro atoms. The average molecular weight is 225 g/mol. The van der Waals surface area contributed by atoms with Gasteiger partial charge in [0.25, 0.3) is 0 Å². The Morgan fingerprint density at radius 2 is 1.86 bits per heavy atom. The van der Waals surface area contributed by atoms with Crippen LogP contribution >= 0.6 is 22.9 Å². The van der Waals surface area contributed by atoms with Gasteiger partial charge >= 0.3 is 0 Å². The summed E-state index contributed by atoms with van der Waals surface area (Å²) in [4.78, 5) is 0. The van der Waals surface area contributed by atoms with Crippen LogP contribution in [0.2, 0.25) is 5.02 Å². The van der Waals surface area contributed by atoms with Gasteiger partial charge in [-0.15, -0.1) is 0 Å². The largest absolute Gasteiger partial charge is 0.397 e. The van der Waals surface area contributed by atoms with Crippen LogP contribution in [0.5, 0.6) is 0 Å². The zero-order valence-electron chi connectivity index (χ0n) is 7.33. The SMILES string of the molecule is Nc1ccc(-c2cscc2Cl)cc1N. The van der Waals surface area contributed by atoms with Crippen LogP contribution in [0.4, 0.5) is 11.4 Å². The molecule has 0 radical (unpaired) electrons. The predicted molar refractivity (Wildman–Crippen MR) is 63.6 cm³/mol. The monoisotopic (exact) mass is 224 g/mol. The molecule has 0 aliphatic heterocycles. The molecule has 4 heteroatoms. The van der Waals surface area contributed by atoms with Crippen LogP contribution in [0.1, 0.15) is 0 Å². The van der Waals surface area contributed by atoms with Crippen molar-refractivity contribution in [1.29, 1.82) is 0 Å². The molecular formula is C10H9ClN2S. The van der Waals surface area contributed by atoms with Crippen molar-refractivity contribution in [3.8, 4) is 11.1 Å². The van der Waals surface area contributed by atoms with Crippen molar-refractivity contribution in [2.24, 2.45) is 0 Å². The molecule has 0 aliphatic rings. The zero-order valence-corrected chi connectivity index (χ0v) is 8.90. The summed E-state index contributed by atoms with van der Waals surface area (Å²) in [7, 11) is 0. The Balaban J connectivity index is 2.53. The smallest absolute Gasteiger partial charge is 0.0591 e. The Kier molecular flexibility index (Phi) is 2.35. The van der Waals surface area contributed by atoms with Gasteiger partial charge in [-0.3, -0.25) is 0 Å². The number of halogens is 1. The second-order valence-corrected chi connectivity index (χ2v) is 4.13. The van der Waals surface area contributed by atoms with E-state index in [0.717, 1.165) is 16.1 Å². The molecule has 0 unspecified atom stereocenters. The van der Waals surface area contributed by atoms with Gasteiger partial charge in [0.1, 0.15) is 0 Å². The molecule has 0 atom stereocenters. The summed E-state index contributed by atoms with van der Waals surface area (Å²) in [5, 5.41) is 4.63. The third-order valence-electron chi connectivity index (χ3n) is 2.01. The number of benzene rings is 1. The highest BCUT2D eigenvalue weighted by Gasteiger charge is 2.05. The molecule has 0 saturated carbocycles. The first kappa shape index (κ1) is 9.37. The van der Waals surface area contributed by atoms with E-state index >= 15 is 0 Å². The maximum absolute atomic E-state index is 6.00. The minimum Gasteiger partial charge on any atom is -0.397 e. The molecule has 1 aromatic carbocycles. The molecule has 72 valence electrons. The summed E-state index contributed by atoms with van der Waals surface area (Å²) in [5.74, 6) is 0. The lowest BCUT2D eigenvalue weighted by Crippen LogP contribution is -1.93. The molecule has 0 bridgehead atoms. The van der Waals surface area contributed by atoms with Crippen molar-refractivity contribution in [2.45, 2.75) is 0 Å². The summed E-state index contributed by atoms with van der Waals surface area (Å²) >= 11 is 7.57. The molecule has 0 amide bonds. The minimum atomic E-state index is 0.588. The number of rotatable bonds is 1. The van der Waals surface area contributed by atoms with Gasteiger partial charge in [0.2, 0.25) is 0 Å². The van der Waals surface area contributed by atoms with E-state index in [0.29, 0.717) is 11.4 Å². The van der Waals surface area contributed by atoms with Crippen molar-refractivity contribution in [1.82, 2.24) is 0 Å². The van der Waals surface area contributed by atoms with Gasteiger partial charge in [-0.25, -0.2) is 0 Å². The normalized spacial score (nSPS) is 10.4. The lowest BCUT2D eigenvalue weighted by atomic mass is 10.1. The molecule has 0 fully saturated rings. The second kappa shape index (κ2) is 3.52. The summed E-state index contributed by atoms with van der Waals surface area (Å²) in [6.07, 6.45) is 0. The van der Waals surface area contributed by atoms with E-state index in [9.17, 15) is 0 Å². The standard InChI is InChI=1S/C10H9ClN2S/c11-8-5-14-4-7(8)6-1-2-9(12)10(13)3-6/h1-5H,12-13H2. The van der Waals surface area contributed by atoms with Crippen LogP contribution in [-0.4, -0.2) is 0 Å². The highest BCUT2D eigenvalue weighted by atomic mass is 35.5. The Morgan fingerprint density at radius 1 is 1.07 bits per heavy atom. The fourth-order valence-electron chi connectivity index (χ4n) is 1.23. The highest BCUT2D eigenvalue weighted by Crippen LogP contribution is 2.33. The number of hydrogen-bond donors (Lipinski definition) is 2. The molecule has 4 N–H and O–H groups in total. The van der Waals surface area contributed by atoms with Crippen LogP contribution in [0.25, 0.3) is 11.1 Å². The first-order chi connectivity index (χ1) is 6.68. The molecule has 0 saturated heterocycles. The molecule has 1 heterocycles. The summed E-state index contributed by atoms with van der Waals surface area (Å²) in [6, 6.07) is 5.54. The van der Waals surface area contributed by atoms with E-state index in [1.165, 1.54) is 0 Å². The van der Waals surface area contributed by atoms with Crippen LogP contribution in [0, 0.1) is 0 Å². The van der Waals surface area contributed by atoms with Crippen LogP contribution in [0.15, 0.2) is 29.0 Å². The van der Waals surface area contributed by atoms with Gasteiger partial charge in [0.15, 0.2) is 0 Å². The maximum Gasteiger partial charge on any atom is 0.0591 e. The summed E-state index contributed by atoms with van der Waals surface area (Å²) in [5.41, 5.74) is 14.5.